The lowest BCUT2D eigenvalue weighted by atomic mass is 10.0. The summed E-state index contributed by atoms with van der Waals surface area (Å²) in [6.45, 7) is 6.41. The van der Waals surface area contributed by atoms with Gasteiger partial charge in [0.05, 0.1) is 13.2 Å². The van der Waals surface area contributed by atoms with Gasteiger partial charge in [0, 0.05) is 68.1 Å². The van der Waals surface area contributed by atoms with Crippen molar-refractivity contribution < 1.29 is 40.2 Å². The second-order valence-electron chi connectivity index (χ2n) is 11.9. The van der Waals surface area contributed by atoms with Gasteiger partial charge in [-0.25, -0.2) is 0 Å². The van der Waals surface area contributed by atoms with E-state index in [1.54, 1.807) is 12.2 Å². The van der Waals surface area contributed by atoms with Crippen LogP contribution in [0.3, 0.4) is 0 Å². The number of aromatic amines is 4. The maximum absolute atomic E-state index is 11.6. The Balaban J connectivity index is 1.94. The quantitative estimate of drug-likeness (QED) is 0.100. The summed E-state index contributed by atoms with van der Waals surface area (Å²) in [6.07, 6.45) is 5.26. The van der Waals surface area contributed by atoms with E-state index in [9.17, 15) is 40.2 Å². The van der Waals surface area contributed by atoms with E-state index in [1.807, 2.05) is 39.8 Å². The summed E-state index contributed by atoms with van der Waals surface area (Å²) in [7, 11) is 0. The number of rotatable bonds is 10. The Bertz CT molecular complexity index is 2070. The average Bonchev–Trinajstić information content (AvgIpc) is 3.67. The van der Waals surface area contributed by atoms with Crippen LogP contribution in [-0.4, -0.2) is 75.7 Å². The first-order valence-electron chi connectivity index (χ1n) is 15.1. The third kappa shape index (κ3) is 6.12. The van der Waals surface area contributed by atoms with Crippen LogP contribution in [0.2, 0.25) is 0 Å². The second-order valence-corrected chi connectivity index (χ2v) is 11.9. The van der Waals surface area contributed by atoms with E-state index in [2.05, 4.69) is 19.9 Å². The Labute approximate surface area is 263 Å². The summed E-state index contributed by atoms with van der Waals surface area (Å²) >= 11 is 0. The molecule has 5 heterocycles. The van der Waals surface area contributed by atoms with Crippen LogP contribution in [0.1, 0.15) is 92.3 Å². The molecule has 8 bridgehead atoms. The Kier molecular flexibility index (Phi) is 9.27. The van der Waals surface area contributed by atoms with Crippen LogP contribution in [0.25, 0.3) is 24.3 Å². The van der Waals surface area contributed by atoms with Crippen molar-refractivity contribution in [2.75, 3.05) is 13.2 Å². The summed E-state index contributed by atoms with van der Waals surface area (Å²) in [5.41, 5.74) is 8.10. The highest BCUT2D eigenvalue weighted by Gasteiger charge is 2.22. The standard InChI is InChI=1S/C34H40N4O8/c1-15-19(5-7-31(43)44)25-12-26-20(6-8-32(45)46)16(2)22(36-26)10-27-34(30(42)14-40)18(4)24(38-27)11-28-33(29(41)13-39)17(3)23(37-28)9-21(15)35-25/h9-12,29-30,35-42H,5-8,13-14H2,1-4H3,(H,43,44)(H,45,46)/t29-,30-/m1/s1. The monoisotopic (exact) mass is 632 g/mol. The molecule has 12 nitrogen and oxygen atoms in total. The van der Waals surface area contributed by atoms with Crippen LogP contribution in [0.5, 0.6) is 0 Å². The second kappa shape index (κ2) is 13.0. The van der Waals surface area contributed by atoms with Crippen LogP contribution in [-0.2, 0) is 22.4 Å². The number of carboxylic acid groups (broad SMARTS) is 2. The maximum Gasteiger partial charge on any atom is 0.303 e. The fourth-order valence-electron chi connectivity index (χ4n) is 6.44. The number of hydrogen-bond acceptors (Lipinski definition) is 6. The number of aliphatic carboxylic acids is 2. The van der Waals surface area contributed by atoms with E-state index in [-0.39, 0.29) is 25.7 Å². The molecular formula is C34H40N4O8. The minimum Gasteiger partial charge on any atom is -0.481 e. The number of hydrogen-bond donors (Lipinski definition) is 10. The van der Waals surface area contributed by atoms with E-state index >= 15 is 0 Å². The Morgan fingerprint density at radius 2 is 1.04 bits per heavy atom. The number of fused-ring (bicyclic) bond motifs is 8. The molecule has 0 spiro atoms. The highest BCUT2D eigenvalue weighted by atomic mass is 16.4. The van der Waals surface area contributed by atoms with Crippen LogP contribution in [0.4, 0.5) is 0 Å². The van der Waals surface area contributed by atoms with Gasteiger partial charge in [-0.15, -0.1) is 0 Å². The fraction of sp³-hybridized carbons (Fsp3) is 0.353. The Morgan fingerprint density at radius 1 is 0.565 bits per heavy atom. The van der Waals surface area contributed by atoms with Gasteiger partial charge in [-0.1, -0.05) is 0 Å². The minimum atomic E-state index is -1.20. The van der Waals surface area contributed by atoms with Crippen molar-refractivity contribution in [2.45, 2.75) is 65.6 Å². The van der Waals surface area contributed by atoms with Gasteiger partial charge >= 0.3 is 11.9 Å². The molecule has 0 amide bonds. The fourth-order valence-corrected chi connectivity index (χ4v) is 6.44. The SMILES string of the molecule is Cc1c2[nH]c(c1CCC(=O)O)C=c1[nH]c(c(C)c1CCC(=O)O)=Cc1[nH]c(c([C@H](O)CO)c1C)C=c1[nH]c(c([C@H](O)CO)c1C)=C2. The van der Waals surface area contributed by atoms with Gasteiger partial charge in [0.2, 0.25) is 0 Å². The first-order valence-corrected chi connectivity index (χ1v) is 15.1. The van der Waals surface area contributed by atoms with Gasteiger partial charge in [-0.3, -0.25) is 9.59 Å². The van der Waals surface area contributed by atoms with Gasteiger partial charge in [0.1, 0.15) is 12.2 Å². The van der Waals surface area contributed by atoms with Crippen LogP contribution in [0.15, 0.2) is 0 Å². The Morgan fingerprint density at radius 3 is 1.67 bits per heavy atom. The molecule has 1 aliphatic rings. The molecule has 0 saturated heterocycles. The highest BCUT2D eigenvalue weighted by Crippen LogP contribution is 2.27. The molecule has 1 aliphatic heterocycles. The lowest BCUT2D eigenvalue weighted by molar-refractivity contribution is -0.138. The molecule has 5 rings (SSSR count). The molecule has 2 atom stereocenters. The number of aliphatic hydroxyl groups is 4. The molecule has 46 heavy (non-hydrogen) atoms. The summed E-state index contributed by atoms with van der Waals surface area (Å²) in [5.74, 6) is -1.88. The topological polar surface area (TPSA) is 219 Å². The maximum atomic E-state index is 11.6. The van der Waals surface area contributed by atoms with E-state index in [0.717, 1.165) is 22.3 Å². The van der Waals surface area contributed by atoms with Gasteiger partial charge < -0.3 is 50.6 Å². The number of carboxylic acids is 2. The van der Waals surface area contributed by atoms with E-state index < -0.39 is 37.4 Å². The first kappa shape index (κ1) is 32.8. The van der Waals surface area contributed by atoms with Crippen molar-refractivity contribution in [3.05, 3.63) is 88.7 Å². The predicted molar refractivity (Wildman–Crippen MR) is 171 cm³/mol. The van der Waals surface area contributed by atoms with Gasteiger partial charge in [0.25, 0.3) is 0 Å². The Hall–Kier alpha value is -4.62. The molecule has 10 N–H and O–H groups in total. The molecule has 0 aliphatic carbocycles. The van der Waals surface area contributed by atoms with Crippen molar-refractivity contribution in [1.82, 2.24) is 19.9 Å². The van der Waals surface area contributed by atoms with Crippen molar-refractivity contribution in [2.24, 2.45) is 0 Å². The average molecular weight is 633 g/mol. The van der Waals surface area contributed by atoms with Gasteiger partial charge in [0.15, 0.2) is 0 Å². The molecule has 0 saturated carbocycles. The highest BCUT2D eigenvalue weighted by molar-refractivity contribution is 5.70. The summed E-state index contributed by atoms with van der Waals surface area (Å²) in [6, 6.07) is 0. The zero-order chi connectivity index (χ0) is 33.4. The van der Waals surface area contributed by atoms with Gasteiger partial charge in [-0.2, -0.15) is 0 Å². The van der Waals surface area contributed by atoms with E-state index in [0.29, 0.717) is 66.4 Å². The van der Waals surface area contributed by atoms with Crippen molar-refractivity contribution in [3.8, 4) is 0 Å². The van der Waals surface area contributed by atoms with Crippen molar-refractivity contribution in [3.63, 3.8) is 0 Å². The number of nitrogens with one attached hydrogen (secondary N) is 4. The molecule has 0 aromatic carbocycles. The molecule has 12 heteroatoms. The van der Waals surface area contributed by atoms with Crippen LogP contribution in [0, 0.1) is 27.7 Å². The molecule has 0 fully saturated rings. The molecule has 0 radical (unpaired) electrons. The predicted octanol–water partition coefficient (Wildman–Crippen LogP) is -0.0529. The summed E-state index contributed by atoms with van der Waals surface area (Å²) < 4.78 is 0. The molecule has 4 aromatic rings. The third-order valence-electron chi connectivity index (χ3n) is 8.98. The molecule has 244 valence electrons. The van der Waals surface area contributed by atoms with E-state index in [4.69, 9.17) is 0 Å². The van der Waals surface area contributed by atoms with Gasteiger partial charge in [-0.05, 0) is 98.2 Å². The van der Waals surface area contributed by atoms with Crippen LogP contribution < -0.4 is 21.4 Å². The van der Waals surface area contributed by atoms with E-state index in [1.165, 1.54) is 0 Å². The minimum absolute atomic E-state index is 0.0919. The lowest BCUT2D eigenvalue weighted by Gasteiger charge is -2.08. The zero-order valence-corrected chi connectivity index (χ0v) is 26.2. The zero-order valence-electron chi connectivity index (χ0n) is 26.2. The summed E-state index contributed by atoms with van der Waals surface area (Å²) in [5, 5.41) is 63.0. The first-order chi connectivity index (χ1) is 21.8. The normalized spacial score (nSPS) is 13.7. The molecular weight excluding hydrogens is 592 g/mol. The number of H-pyrrole nitrogens is 4. The largest absolute Gasteiger partial charge is 0.481 e. The number of aliphatic hydroxyl groups excluding tert-OH is 4. The third-order valence-corrected chi connectivity index (χ3v) is 8.98. The number of aromatic nitrogens is 4. The molecule has 0 unspecified atom stereocenters. The number of carbonyl (C=O) groups is 2. The van der Waals surface area contributed by atoms with Crippen molar-refractivity contribution in [1.29, 1.82) is 0 Å². The van der Waals surface area contributed by atoms with Crippen molar-refractivity contribution >= 4 is 36.2 Å². The smallest absolute Gasteiger partial charge is 0.303 e. The van der Waals surface area contributed by atoms with Crippen LogP contribution >= 0.6 is 0 Å². The lowest BCUT2D eigenvalue weighted by Crippen LogP contribution is -2.16. The summed E-state index contributed by atoms with van der Waals surface area (Å²) in [4.78, 5) is 36.7. The molecule has 4 aromatic heterocycles.